The predicted molar refractivity (Wildman–Crippen MR) is 114 cm³/mol. The number of anilines is 2. The van der Waals surface area contributed by atoms with Gasteiger partial charge in [0.1, 0.15) is 11.6 Å². The van der Waals surface area contributed by atoms with E-state index in [0.29, 0.717) is 6.04 Å². The number of benzene rings is 1. The molecule has 6 heteroatoms. The molecular weight excluding hydrogens is 362 g/mol. The Labute approximate surface area is 172 Å². The van der Waals surface area contributed by atoms with Crippen molar-refractivity contribution >= 4 is 11.5 Å². The van der Waals surface area contributed by atoms with Gasteiger partial charge in [-0.1, -0.05) is 12.1 Å². The lowest BCUT2D eigenvalue weighted by molar-refractivity contribution is 0.240. The fourth-order valence-electron chi connectivity index (χ4n) is 4.00. The van der Waals surface area contributed by atoms with E-state index < -0.39 is 0 Å². The number of ether oxygens (including phenoxy) is 1. The number of nitrogens with one attached hydrogen (secondary N) is 1. The molecule has 150 valence electrons. The smallest absolute Gasteiger partial charge is 0.148 e. The minimum atomic E-state index is 0.295. The third kappa shape index (κ3) is 4.54. The van der Waals surface area contributed by atoms with Crippen LogP contribution in [0.4, 0.5) is 11.5 Å². The van der Waals surface area contributed by atoms with Gasteiger partial charge in [-0.25, -0.2) is 4.98 Å². The van der Waals surface area contributed by atoms with Crippen LogP contribution in [0.1, 0.15) is 41.4 Å². The van der Waals surface area contributed by atoms with Gasteiger partial charge in [0.2, 0.25) is 0 Å². The van der Waals surface area contributed by atoms with Crippen LogP contribution in [0.5, 0.6) is 5.75 Å². The maximum atomic E-state index is 5.62. The first kappa shape index (κ1) is 19.3. The van der Waals surface area contributed by atoms with Gasteiger partial charge in [0, 0.05) is 35.9 Å². The summed E-state index contributed by atoms with van der Waals surface area (Å²) in [6.45, 7) is 6.04. The zero-order chi connectivity index (χ0) is 20.2. The first-order valence-corrected chi connectivity index (χ1v) is 10.0. The number of pyridine rings is 1. The third-order valence-electron chi connectivity index (χ3n) is 5.33. The Balaban J connectivity index is 1.57. The van der Waals surface area contributed by atoms with Gasteiger partial charge in [-0.2, -0.15) is 0 Å². The molecule has 2 aromatic heterocycles. The Morgan fingerprint density at radius 1 is 1.17 bits per heavy atom. The van der Waals surface area contributed by atoms with Crippen molar-refractivity contribution in [2.75, 3.05) is 19.0 Å². The molecule has 6 nitrogen and oxygen atoms in total. The normalized spacial score (nSPS) is 16.7. The lowest BCUT2D eigenvalue weighted by Crippen LogP contribution is -2.24. The van der Waals surface area contributed by atoms with E-state index in [4.69, 9.17) is 9.72 Å². The van der Waals surface area contributed by atoms with Crippen molar-refractivity contribution in [3.8, 4) is 5.75 Å². The summed E-state index contributed by atoms with van der Waals surface area (Å²) >= 11 is 0. The minimum Gasteiger partial charge on any atom is -0.496 e. The van der Waals surface area contributed by atoms with Crippen molar-refractivity contribution in [3.05, 3.63) is 71.4 Å². The Bertz CT molecular complexity index is 976. The molecule has 29 heavy (non-hydrogen) atoms. The van der Waals surface area contributed by atoms with Crippen LogP contribution in [0.3, 0.4) is 0 Å². The molecule has 0 bridgehead atoms. The summed E-state index contributed by atoms with van der Waals surface area (Å²) in [6, 6.07) is 10.9. The van der Waals surface area contributed by atoms with E-state index in [1.54, 1.807) is 25.7 Å². The van der Waals surface area contributed by atoms with Crippen molar-refractivity contribution in [3.63, 3.8) is 0 Å². The van der Waals surface area contributed by atoms with Crippen LogP contribution in [-0.2, 0) is 6.54 Å². The Morgan fingerprint density at radius 3 is 2.86 bits per heavy atom. The molecule has 1 atom stereocenters. The largest absolute Gasteiger partial charge is 0.496 e. The quantitative estimate of drug-likeness (QED) is 0.666. The van der Waals surface area contributed by atoms with Crippen LogP contribution >= 0.6 is 0 Å². The van der Waals surface area contributed by atoms with Crippen LogP contribution in [0, 0.1) is 13.8 Å². The number of hydrogen-bond acceptors (Lipinski definition) is 6. The average molecular weight is 390 g/mol. The topological polar surface area (TPSA) is 63.2 Å². The summed E-state index contributed by atoms with van der Waals surface area (Å²) in [6.07, 6.45) is 7.35. The van der Waals surface area contributed by atoms with E-state index in [-0.39, 0.29) is 0 Å². The second-order valence-electron chi connectivity index (χ2n) is 7.58. The van der Waals surface area contributed by atoms with Gasteiger partial charge < -0.3 is 10.1 Å². The zero-order valence-electron chi connectivity index (χ0n) is 17.2. The summed E-state index contributed by atoms with van der Waals surface area (Å²) in [5.41, 5.74) is 5.51. The minimum absolute atomic E-state index is 0.295. The fourth-order valence-corrected chi connectivity index (χ4v) is 4.00. The van der Waals surface area contributed by atoms with Crippen LogP contribution in [-0.4, -0.2) is 33.5 Å². The van der Waals surface area contributed by atoms with Gasteiger partial charge in [0.15, 0.2) is 0 Å². The molecule has 1 aromatic carbocycles. The molecule has 1 unspecified atom stereocenters. The number of likely N-dealkylation sites (tertiary alicyclic amines) is 1. The summed E-state index contributed by atoms with van der Waals surface area (Å²) in [5.74, 6) is 1.69. The maximum absolute atomic E-state index is 5.62. The highest BCUT2D eigenvalue weighted by molar-refractivity contribution is 5.56. The Kier molecular flexibility index (Phi) is 5.71. The lowest BCUT2D eigenvalue weighted by atomic mass is 10.1. The molecule has 0 spiro atoms. The second-order valence-corrected chi connectivity index (χ2v) is 7.58. The molecule has 1 aliphatic rings. The Morgan fingerprint density at radius 2 is 2.07 bits per heavy atom. The van der Waals surface area contributed by atoms with E-state index in [0.717, 1.165) is 48.2 Å². The molecule has 3 aromatic rings. The van der Waals surface area contributed by atoms with Gasteiger partial charge in [-0.3, -0.25) is 14.9 Å². The molecule has 1 N–H and O–H groups in total. The molecule has 1 saturated heterocycles. The number of methoxy groups -OCH3 is 1. The first-order chi connectivity index (χ1) is 14.1. The van der Waals surface area contributed by atoms with E-state index in [1.165, 1.54) is 17.5 Å². The number of aromatic nitrogens is 3. The van der Waals surface area contributed by atoms with Gasteiger partial charge in [0.25, 0.3) is 0 Å². The van der Waals surface area contributed by atoms with E-state index in [2.05, 4.69) is 51.4 Å². The van der Waals surface area contributed by atoms with Gasteiger partial charge in [-0.15, -0.1) is 0 Å². The lowest BCUT2D eigenvalue weighted by Gasteiger charge is -2.25. The van der Waals surface area contributed by atoms with Crippen molar-refractivity contribution in [1.82, 2.24) is 19.9 Å². The number of hydrogen-bond donors (Lipinski definition) is 1. The number of aryl methyl sites for hydroxylation is 2. The van der Waals surface area contributed by atoms with Crippen molar-refractivity contribution in [1.29, 1.82) is 0 Å². The van der Waals surface area contributed by atoms with E-state index in [1.807, 2.05) is 13.0 Å². The highest BCUT2D eigenvalue weighted by Crippen LogP contribution is 2.35. The molecule has 4 rings (SSSR count). The average Bonchev–Trinajstić information content (AvgIpc) is 3.18. The highest BCUT2D eigenvalue weighted by Gasteiger charge is 2.28. The summed E-state index contributed by atoms with van der Waals surface area (Å²) in [5, 5.41) is 3.35. The molecule has 0 amide bonds. The molecular formula is C23H27N5O. The van der Waals surface area contributed by atoms with Crippen LogP contribution in [0.15, 0.2) is 48.9 Å². The van der Waals surface area contributed by atoms with Gasteiger partial charge in [0.05, 0.1) is 25.0 Å². The van der Waals surface area contributed by atoms with Crippen LogP contribution in [0.25, 0.3) is 0 Å². The summed E-state index contributed by atoms with van der Waals surface area (Å²) in [7, 11) is 1.74. The summed E-state index contributed by atoms with van der Waals surface area (Å²) < 4.78 is 5.62. The Hall–Kier alpha value is -2.99. The second kappa shape index (κ2) is 8.57. The van der Waals surface area contributed by atoms with Crippen molar-refractivity contribution in [2.45, 2.75) is 39.3 Å². The molecule has 1 aliphatic heterocycles. The maximum Gasteiger partial charge on any atom is 0.148 e. The molecule has 0 aliphatic carbocycles. The highest BCUT2D eigenvalue weighted by atomic mass is 16.5. The van der Waals surface area contributed by atoms with Crippen LogP contribution in [0.2, 0.25) is 0 Å². The fraction of sp³-hybridized carbons (Fsp3) is 0.348. The molecule has 0 radical (unpaired) electrons. The van der Waals surface area contributed by atoms with Crippen molar-refractivity contribution < 1.29 is 4.74 Å². The van der Waals surface area contributed by atoms with Gasteiger partial charge >= 0.3 is 0 Å². The summed E-state index contributed by atoms with van der Waals surface area (Å²) in [4.78, 5) is 15.8. The molecule has 3 heterocycles. The monoisotopic (exact) mass is 389 g/mol. The van der Waals surface area contributed by atoms with Crippen LogP contribution < -0.4 is 10.1 Å². The standard InChI is InChI=1S/C23H27N5O/c1-16-6-7-18(22(11-16)29-3)15-28-10-4-5-21(28)20-13-19(12-17(2)26-20)27-23-14-24-8-9-25-23/h6-9,11-14,21H,4-5,10,15H2,1-3H3,(H,25,26,27). The predicted octanol–water partition coefficient (Wildman–Crippen LogP) is 4.58. The first-order valence-electron chi connectivity index (χ1n) is 10.0. The number of nitrogens with zero attached hydrogens (tertiary/aromatic N) is 4. The zero-order valence-corrected chi connectivity index (χ0v) is 17.2. The number of rotatable bonds is 6. The van der Waals surface area contributed by atoms with Crippen molar-refractivity contribution in [2.24, 2.45) is 0 Å². The van der Waals surface area contributed by atoms with Gasteiger partial charge in [-0.05, 0) is 57.0 Å². The van der Waals surface area contributed by atoms with E-state index in [9.17, 15) is 0 Å². The SMILES string of the molecule is COc1cc(C)ccc1CN1CCCC1c1cc(Nc2cnccn2)cc(C)n1. The van der Waals surface area contributed by atoms with E-state index >= 15 is 0 Å². The molecule has 0 saturated carbocycles. The molecule has 1 fully saturated rings. The third-order valence-corrected chi connectivity index (χ3v) is 5.33.